The van der Waals surface area contributed by atoms with Crippen molar-refractivity contribution < 1.29 is 0 Å². The summed E-state index contributed by atoms with van der Waals surface area (Å²) >= 11 is 0. The lowest BCUT2D eigenvalue weighted by molar-refractivity contribution is 1.50. The fourth-order valence-electron chi connectivity index (χ4n) is 7.97. The van der Waals surface area contributed by atoms with E-state index < -0.39 is 0 Å². The van der Waals surface area contributed by atoms with Gasteiger partial charge in [0.1, 0.15) is 0 Å². The third kappa shape index (κ3) is 5.66. The van der Waals surface area contributed by atoms with Crippen LogP contribution in [0.25, 0.3) is 98.7 Å². The molecule has 9 aromatic rings. The number of benzene rings is 9. The van der Waals surface area contributed by atoms with Crippen molar-refractivity contribution in [3.8, 4) is 55.6 Å². The maximum absolute atomic E-state index is 2.34. The predicted octanol–water partition coefficient (Wildman–Crippen LogP) is 16.0. The first-order valence-electron chi connectivity index (χ1n) is 19.0. The van der Waals surface area contributed by atoms with Gasteiger partial charge in [0.2, 0.25) is 0 Å². The molecule has 0 heteroatoms. The van der Waals surface area contributed by atoms with E-state index in [2.05, 4.69) is 170 Å². The van der Waals surface area contributed by atoms with E-state index in [0.717, 1.165) is 0 Å². The lowest BCUT2D eigenvalue weighted by Gasteiger charge is -2.18. The lowest BCUT2D eigenvalue weighted by atomic mass is 9.85. The fraction of sp³-hybridized carbons (Fsp3) is 0.115. The van der Waals surface area contributed by atoms with Crippen LogP contribution in [-0.4, -0.2) is 0 Å². The topological polar surface area (TPSA) is 0 Å². The Labute approximate surface area is 309 Å². The van der Waals surface area contributed by atoms with E-state index in [4.69, 9.17) is 0 Å². The molecule has 1 aliphatic carbocycles. The van der Waals surface area contributed by atoms with Crippen LogP contribution in [0, 0.1) is 0 Å². The molecule has 0 unspecified atom stereocenters. The van der Waals surface area contributed by atoms with Crippen molar-refractivity contribution in [1.29, 1.82) is 0 Å². The number of hydrogen-bond acceptors (Lipinski definition) is 0. The van der Waals surface area contributed by atoms with Crippen molar-refractivity contribution in [3.63, 3.8) is 0 Å². The van der Waals surface area contributed by atoms with Gasteiger partial charge in [-0.3, -0.25) is 0 Å². The van der Waals surface area contributed by atoms with E-state index in [1.54, 1.807) is 0 Å². The van der Waals surface area contributed by atoms with Gasteiger partial charge in [-0.05, 0) is 105 Å². The molecular formula is C52H46. The highest BCUT2D eigenvalue weighted by atomic mass is 14.3. The van der Waals surface area contributed by atoms with Crippen LogP contribution in [0.4, 0.5) is 0 Å². The van der Waals surface area contributed by atoms with E-state index in [1.165, 1.54) is 98.7 Å². The Morgan fingerprint density at radius 1 is 0.250 bits per heavy atom. The average Bonchev–Trinajstić information content (AvgIpc) is 3.57. The van der Waals surface area contributed by atoms with Gasteiger partial charge < -0.3 is 0 Å². The van der Waals surface area contributed by atoms with Crippen LogP contribution in [0.15, 0.2) is 170 Å². The summed E-state index contributed by atoms with van der Waals surface area (Å²) in [5.74, 6) is 0. The Bertz CT molecular complexity index is 2590. The van der Waals surface area contributed by atoms with Crippen molar-refractivity contribution >= 4 is 43.1 Å². The first kappa shape index (κ1) is 34.5. The van der Waals surface area contributed by atoms with Crippen molar-refractivity contribution in [2.75, 3.05) is 0 Å². The summed E-state index contributed by atoms with van der Waals surface area (Å²) in [4.78, 5) is 0. The third-order valence-electron chi connectivity index (χ3n) is 10.0. The summed E-state index contributed by atoms with van der Waals surface area (Å²) in [7, 11) is 0. The van der Waals surface area contributed by atoms with E-state index >= 15 is 0 Å². The molecule has 0 heterocycles. The molecule has 0 fully saturated rings. The minimum Gasteiger partial charge on any atom is -0.0683 e. The molecule has 0 bridgehead atoms. The zero-order chi connectivity index (χ0) is 36.2. The predicted molar refractivity (Wildman–Crippen MR) is 231 cm³/mol. The van der Waals surface area contributed by atoms with Gasteiger partial charge >= 0.3 is 0 Å². The standard InChI is InChI=1S/C46H28.3C2H6/c1-2-11-32-28-33(25-20-29(32)10-1)45-41-16-7-5-14-39(41)44(40-15-6-8-17-42(40)45)31-23-21-30(22-24-31)34-26-27-43-36-13-4-3-12-35(36)38-19-9-18-37(34)46(38)43;3*1-2/h1-28H;3*1-2H3. The van der Waals surface area contributed by atoms with Gasteiger partial charge in [-0.25, -0.2) is 0 Å². The monoisotopic (exact) mass is 670 g/mol. The maximum atomic E-state index is 2.34. The van der Waals surface area contributed by atoms with Crippen LogP contribution < -0.4 is 0 Å². The summed E-state index contributed by atoms with van der Waals surface area (Å²) < 4.78 is 0. The summed E-state index contributed by atoms with van der Waals surface area (Å²) in [6.07, 6.45) is 0. The zero-order valence-corrected chi connectivity index (χ0v) is 31.2. The molecule has 0 atom stereocenters. The fourth-order valence-corrected chi connectivity index (χ4v) is 7.97. The molecule has 0 saturated carbocycles. The molecule has 9 aromatic carbocycles. The minimum absolute atomic E-state index is 1.24. The van der Waals surface area contributed by atoms with Crippen LogP contribution in [0.5, 0.6) is 0 Å². The molecule has 0 radical (unpaired) electrons. The molecule has 0 aliphatic heterocycles. The highest BCUT2D eigenvalue weighted by Gasteiger charge is 2.22. The van der Waals surface area contributed by atoms with Crippen LogP contribution in [0.2, 0.25) is 0 Å². The highest BCUT2D eigenvalue weighted by Crippen LogP contribution is 2.49. The van der Waals surface area contributed by atoms with Crippen molar-refractivity contribution in [3.05, 3.63) is 170 Å². The Balaban J connectivity index is 0.000000669. The van der Waals surface area contributed by atoms with Crippen LogP contribution in [0.1, 0.15) is 41.5 Å². The molecule has 0 amide bonds. The molecule has 0 nitrogen and oxygen atoms in total. The molecule has 0 N–H and O–H groups in total. The molecule has 1 aliphatic rings. The second kappa shape index (κ2) is 15.1. The van der Waals surface area contributed by atoms with Gasteiger partial charge in [-0.2, -0.15) is 0 Å². The molecule has 0 aromatic heterocycles. The Morgan fingerprint density at radius 3 is 1.25 bits per heavy atom. The summed E-state index contributed by atoms with van der Waals surface area (Å²) in [5.41, 5.74) is 12.9. The molecule has 254 valence electrons. The molecular weight excluding hydrogens is 625 g/mol. The number of fused-ring (bicyclic) bond motifs is 6. The Hall–Kier alpha value is -5.98. The van der Waals surface area contributed by atoms with Gasteiger partial charge in [-0.1, -0.05) is 205 Å². The van der Waals surface area contributed by atoms with E-state index in [1.807, 2.05) is 41.5 Å². The molecule has 52 heavy (non-hydrogen) atoms. The summed E-state index contributed by atoms with van der Waals surface area (Å²) in [6.45, 7) is 12.0. The van der Waals surface area contributed by atoms with Crippen LogP contribution >= 0.6 is 0 Å². The van der Waals surface area contributed by atoms with Gasteiger partial charge in [0.15, 0.2) is 0 Å². The van der Waals surface area contributed by atoms with Gasteiger partial charge in [-0.15, -0.1) is 0 Å². The quantitative estimate of drug-likeness (QED) is 0.164. The van der Waals surface area contributed by atoms with Crippen LogP contribution in [-0.2, 0) is 0 Å². The second-order valence-corrected chi connectivity index (χ2v) is 12.4. The van der Waals surface area contributed by atoms with Gasteiger partial charge in [0.05, 0.1) is 0 Å². The lowest BCUT2D eigenvalue weighted by Crippen LogP contribution is -1.91. The smallest absolute Gasteiger partial charge is 0.00201 e. The van der Waals surface area contributed by atoms with Gasteiger partial charge in [0.25, 0.3) is 0 Å². The SMILES string of the molecule is CC.CC.CC.c1ccc2c(c1)-c1cccc3c(-c4ccc(-c5c6ccccc6c(-c6ccc7ccccc7c6)c6ccccc56)cc4)ccc-2c13. The largest absolute Gasteiger partial charge is 0.0683 e. The Kier molecular flexibility index (Phi) is 10.0. The summed E-state index contributed by atoms with van der Waals surface area (Å²) in [6, 6.07) is 62.7. The average molecular weight is 671 g/mol. The maximum Gasteiger partial charge on any atom is -0.00201 e. The molecule has 0 spiro atoms. The van der Waals surface area contributed by atoms with Crippen molar-refractivity contribution in [1.82, 2.24) is 0 Å². The van der Waals surface area contributed by atoms with E-state index in [9.17, 15) is 0 Å². The van der Waals surface area contributed by atoms with Crippen molar-refractivity contribution in [2.45, 2.75) is 41.5 Å². The zero-order valence-electron chi connectivity index (χ0n) is 31.2. The first-order chi connectivity index (χ1) is 25.8. The molecule has 10 rings (SSSR count). The van der Waals surface area contributed by atoms with Crippen LogP contribution in [0.3, 0.4) is 0 Å². The first-order valence-corrected chi connectivity index (χ1v) is 19.0. The minimum atomic E-state index is 1.24. The number of rotatable bonds is 3. The normalized spacial score (nSPS) is 10.9. The molecule has 0 saturated heterocycles. The van der Waals surface area contributed by atoms with E-state index in [0.29, 0.717) is 0 Å². The number of hydrogen-bond donors (Lipinski definition) is 0. The summed E-state index contributed by atoms with van der Waals surface area (Å²) in [5, 5.41) is 10.3. The second-order valence-electron chi connectivity index (χ2n) is 12.4. The van der Waals surface area contributed by atoms with Crippen molar-refractivity contribution in [2.24, 2.45) is 0 Å². The third-order valence-corrected chi connectivity index (χ3v) is 10.0. The Morgan fingerprint density at radius 2 is 0.654 bits per heavy atom. The van der Waals surface area contributed by atoms with Gasteiger partial charge in [0, 0.05) is 0 Å². The van der Waals surface area contributed by atoms with E-state index in [-0.39, 0.29) is 0 Å². The highest BCUT2D eigenvalue weighted by molar-refractivity contribution is 6.22.